The molecule has 3 aromatic heterocycles. The Kier molecular flexibility index (Phi) is 1.08. The lowest BCUT2D eigenvalue weighted by molar-refractivity contribution is 0.917. The fraction of sp³-hybridized carbons (Fsp3) is 0. The van der Waals surface area contributed by atoms with Gasteiger partial charge in [0, 0.05) is 6.07 Å². The molecule has 0 saturated carbocycles. The minimum absolute atomic E-state index is 0.638. The van der Waals surface area contributed by atoms with E-state index in [1.54, 1.807) is 23.0 Å². The van der Waals surface area contributed by atoms with Crippen LogP contribution in [0.5, 0.6) is 0 Å². The number of hydrogen-bond acceptors (Lipinski definition) is 5. The molecule has 0 aliphatic rings. The molecule has 3 aromatic rings. The second kappa shape index (κ2) is 2.19. The lowest BCUT2D eigenvalue weighted by Crippen LogP contribution is -1.98. The Labute approximate surface area is 72.3 Å². The van der Waals surface area contributed by atoms with Gasteiger partial charge in [-0.15, -0.1) is 10.2 Å². The van der Waals surface area contributed by atoms with E-state index < -0.39 is 0 Å². The maximum atomic E-state index is 4.07. The van der Waals surface area contributed by atoms with Gasteiger partial charge in [0.15, 0.2) is 11.3 Å². The van der Waals surface area contributed by atoms with E-state index in [1.807, 2.05) is 0 Å². The molecule has 0 radical (unpaired) electrons. The van der Waals surface area contributed by atoms with Crippen LogP contribution < -0.4 is 0 Å². The van der Waals surface area contributed by atoms with E-state index in [4.69, 9.17) is 0 Å². The van der Waals surface area contributed by atoms with Crippen molar-refractivity contribution < 1.29 is 0 Å². The molecule has 0 aromatic carbocycles. The highest BCUT2D eigenvalue weighted by molar-refractivity contribution is 5.69. The molecule has 0 N–H and O–H groups in total. The van der Waals surface area contributed by atoms with Gasteiger partial charge in [-0.2, -0.15) is 9.61 Å². The Hall–Kier alpha value is -2.11. The maximum Gasteiger partial charge on any atom is 0.186 e. The molecule has 6 heteroatoms. The number of aromatic nitrogens is 6. The standard InChI is InChI=1S/C7H4N6/c1-2-10-13-6(1)12-11-5-3-8-4-9-7(5)13/h1-4H. The predicted octanol–water partition coefficient (Wildman–Crippen LogP) is 0.0675. The van der Waals surface area contributed by atoms with Crippen LogP contribution in [0, 0.1) is 0 Å². The highest BCUT2D eigenvalue weighted by atomic mass is 15.3. The summed E-state index contributed by atoms with van der Waals surface area (Å²) in [5.41, 5.74) is 2.00. The molecule has 0 amide bonds. The molecule has 0 unspecified atom stereocenters. The normalized spacial score (nSPS) is 11.1. The van der Waals surface area contributed by atoms with Crippen LogP contribution in [-0.4, -0.2) is 29.8 Å². The van der Waals surface area contributed by atoms with E-state index >= 15 is 0 Å². The molecule has 0 bridgehead atoms. The van der Waals surface area contributed by atoms with E-state index in [2.05, 4.69) is 25.3 Å². The van der Waals surface area contributed by atoms with E-state index in [0.717, 1.165) is 0 Å². The summed E-state index contributed by atoms with van der Waals surface area (Å²) < 4.78 is 1.63. The van der Waals surface area contributed by atoms with Crippen molar-refractivity contribution in [3.63, 3.8) is 0 Å². The smallest absolute Gasteiger partial charge is 0.186 e. The first kappa shape index (κ1) is 6.41. The summed E-state index contributed by atoms with van der Waals surface area (Å²) in [5.74, 6) is 0. The zero-order valence-electron chi connectivity index (χ0n) is 6.49. The Morgan fingerprint density at radius 3 is 3.23 bits per heavy atom. The molecule has 0 aliphatic heterocycles. The van der Waals surface area contributed by atoms with Gasteiger partial charge in [0.25, 0.3) is 0 Å². The lowest BCUT2D eigenvalue weighted by Gasteiger charge is -1.95. The van der Waals surface area contributed by atoms with E-state index in [1.165, 1.54) is 6.33 Å². The van der Waals surface area contributed by atoms with Crippen LogP contribution in [0.2, 0.25) is 0 Å². The van der Waals surface area contributed by atoms with Crippen LogP contribution in [0.4, 0.5) is 0 Å². The first-order chi connectivity index (χ1) is 6.45. The van der Waals surface area contributed by atoms with Crippen molar-refractivity contribution in [1.82, 2.24) is 29.8 Å². The summed E-state index contributed by atoms with van der Waals surface area (Å²) in [6.45, 7) is 0. The molecule has 0 saturated heterocycles. The Morgan fingerprint density at radius 2 is 2.23 bits per heavy atom. The van der Waals surface area contributed by atoms with Gasteiger partial charge in [-0.05, 0) is 0 Å². The summed E-state index contributed by atoms with van der Waals surface area (Å²) in [4.78, 5) is 7.92. The van der Waals surface area contributed by atoms with Crippen LogP contribution >= 0.6 is 0 Å². The molecular formula is C7H4N6. The molecule has 6 nitrogen and oxygen atoms in total. The van der Waals surface area contributed by atoms with Crippen LogP contribution in [-0.2, 0) is 0 Å². The van der Waals surface area contributed by atoms with Crippen LogP contribution in [0.25, 0.3) is 16.8 Å². The zero-order valence-corrected chi connectivity index (χ0v) is 6.49. The largest absolute Gasteiger partial charge is 0.242 e. The number of nitrogens with zero attached hydrogens (tertiary/aromatic N) is 6. The molecule has 62 valence electrons. The maximum absolute atomic E-state index is 4.07. The topological polar surface area (TPSA) is 68.9 Å². The Balaban J connectivity index is 2.65. The van der Waals surface area contributed by atoms with Gasteiger partial charge < -0.3 is 0 Å². The van der Waals surface area contributed by atoms with Crippen molar-refractivity contribution in [2.45, 2.75) is 0 Å². The summed E-state index contributed by atoms with van der Waals surface area (Å²) >= 11 is 0. The van der Waals surface area contributed by atoms with Gasteiger partial charge >= 0.3 is 0 Å². The fourth-order valence-electron chi connectivity index (χ4n) is 1.19. The van der Waals surface area contributed by atoms with Crippen LogP contribution in [0.15, 0.2) is 24.8 Å². The van der Waals surface area contributed by atoms with Crippen molar-refractivity contribution in [3.05, 3.63) is 24.8 Å². The number of hydrogen-bond donors (Lipinski definition) is 0. The highest BCUT2D eigenvalue weighted by Crippen LogP contribution is 2.05. The van der Waals surface area contributed by atoms with Crippen molar-refractivity contribution in [2.75, 3.05) is 0 Å². The van der Waals surface area contributed by atoms with Crippen molar-refractivity contribution in [3.8, 4) is 0 Å². The molecule has 0 fully saturated rings. The minimum atomic E-state index is 0.638. The lowest BCUT2D eigenvalue weighted by atomic mass is 10.5. The monoisotopic (exact) mass is 172 g/mol. The molecule has 3 rings (SSSR count). The second-order valence-electron chi connectivity index (χ2n) is 2.53. The number of fused-ring (bicyclic) bond motifs is 3. The van der Waals surface area contributed by atoms with Crippen molar-refractivity contribution >= 4 is 16.8 Å². The summed E-state index contributed by atoms with van der Waals surface area (Å²) in [5, 5.41) is 12.0. The summed E-state index contributed by atoms with van der Waals surface area (Å²) in [6, 6.07) is 1.77. The Bertz CT molecular complexity index is 571. The fourth-order valence-corrected chi connectivity index (χ4v) is 1.19. The minimum Gasteiger partial charge on any atom is -0.242 e. The molecular weight excluding hydrogens is 168 g/mol. The molecule has 3 heterocycles. The highest BCUT2D eigenvalue weighted by Gasteiger charge is 2.02. The SMILES string of the molecule is c1ncc2nnc3ccnn3c2n1. The first-order valence-corrected chi connectivity index (χ1v) is 3.71. The average Bonchev–Trinajstić information content (AvgIpc) is 2.65. The third-order valence-corrected chi connectivity index (χ3v) is 1.76. The second-order valence-corrected chi connectivity index (χ2v) is 2.53. The van der Waals surface area contributed by atoms with Gasteiger partial charge in [0.1, 0.15) is 11.8 Å². The van der Waals surface area contributed by atoms with Gasteiger partial charge in [0.05, 0.1) is 12.4 Å². The van der Waals surface area contributed by atoms with E-state index in [9.17, 15) is 0 Å². The van der Waals surface area contributed by atoms with Gasteiger partial charge in [-0.25, -0.2) is 9.97 Å². The summed E-state index contributed by atoms with van der Waals surface area (Å²) in [7, 11) is 0. The molecule has 0 aliphatic carbocycles. The average molecular weight is 172 g/mol. The van der Waals surface area contributed by atoms with Gasteiger partial charge in [-0.3, -0.25) is 0 Å². The van der Waals surface area contributed by atoms with Gasteiger partial charge in [0.2, 0.25) is 0 Å². The quantitative estimate of drug-likeness (QED) is 0.480. The van der Waals surface area contributed by atoms with Crippen molar-refractivity contribution in [1.29, 1.82) is 0 Å². The van der Waals surface area contributed by atoms with Crippen LogP contribution in [0.3, 0.4) is 0 Å². The first-order valence-electron chi connectivity index (χ1n) is 3.71. The van der Waals surface area contributed by atoms with Crippen molar-refractivity contribution in [2.24, 2.45) is 0 Å². The van der Waals surface area contributed by atoms with E-state index in [0.29, 0.717) is 16.8 Å². The van der Waals surface area contributed by atoms with Crippen LogP contribution in [0.1, 0.15) is 0 Å². The van der Waals surface area contributed by atoms with E-state index in [-0.39, 0.29) is 0 Å². The molecule has 0 atom stereocenters. The zero-order chi connectivity index (χ0) is 8.67. The summed E-state index contributed by atoms with van der Waals surface area (Å²) in [6.07, 6.45) is 4.73. The predicted molar refractivity (Wildman–Crippen MR) is 43.9 cm³/mol. The Morgan fingerprint density at radius 1 is 1.23 bits per heavy atom. The van der Waals surface area contributed by atoms with Gasteiger partial charge in [-0.1, -0.05) is 0 Å². The molecule has 13 heavy (non-hydrogen) atoms. The molecule has 0 spiro atoms. The third kappa shape index (κ3) is 0.792. The third-order valence-electron chi connectivity index (χ3n) is 1.76. The number of rotatable bonds is 0.